The summed E-state index contributed by atoms with van der Waals surface area (Å²) in [6.45, 7) is 3.85. The Hall–Kier alpha value is -3.08. The number of amides is 2. The maximum atomic E-state index is 12.4. The fraction of sp³-hybridized carbons (Fsp3) is 0.158. The first kappa shape index (κ1) is 17.3. The molecule has 5 nitrogen and oxygen atoms in total. The largest absolute Gasteiger partial charge is 0.494 e. The highest BCUT2D eigenvalue weighted by molar-refractivity contribution is 6.08. The van der Waals surface area contributed by atoms with Gasteiger partial charge in [0.25, 0.3) is 5.91 Å². The molecule has 124 valence electrons. The van der Waals surface area contributed by atoms with Crippen LogP contribution in [-0.4, -0.2) is 18.4 Å². The van der Waals surface area contributed by atoms with Gasteiger partial charge in [-0.05, 0) is 42.8 Å². The fourth-order valence-corrected chi connectivity index (χ4v) is 2.06. The Labute approximate surface area is 141 Å². The minimum Gasteiger partial charge on any atom is -0.494 e. The predicted octanol–water partition coefficient (Wildman–Crippen LogP) is 3.20. The van der Waals surface area contributed by atoms with E-state index in [2.05, 4.69) is 10.6 Å². The van der Waals surface area contributed by atoms with E-state index in [0.717, 1.165) is 11.3 Å². The van der Waals surface area contributed by atoms with E-state index in [1.807, 2.05) is 37.3 Å². The number of rotatable bonds is 6. The van der Waals surface area contributed by atoms with Crippen molar-refractivity contribution in [3.8, 4) is 5.75 Å². The molecule has 2 aromatic carbocycles. The van der Waals surface area contributed by atoms with Gasteiger partial charge in [0.15, 0.2) is 0 Å². The van der Waals surface area contributed by atoms with Gasteiger partial charge in [-0.25, -0.2) is 0 Å². The second-order valence-corrected chi connectivity index (χ2v) is 5.06. The number of benzene rings is 2. The number of ether oxygens (including phenoxy) is 1. The SMILES string of the molecule is CCOc1ccc(NC(=O)C(=Cc2ccccc2)NC(C)=O)cc1. The van der Waals surface area contributed by atoms with Gasteiger partial charge in [-0.15, -0.1) is 0 Å². The Kier molecular flexibility index (Phi) is 6.14. The van der Waals surface area contributed by atoms with E-state index >= 15 is 0 Å². The number of nitrogens with one attached hydrogen (secondary N) is 2. The summed E-state index contributed by atoms with van der Waals surface area (Å²) in [6.07, 6.45) is 1.63. The van der Waals surface area contributed by atoms with Crippen LogP contribution in [0.5, 0.6) is 5.75 Å². The lowest BCUT2D eigenvalue weighted by Gasteiger charge is -2.10. The van der Waals surface area contributed by atoms with Crippen LogP contribution in [0.15, 0.2) is 60.3 Å². The van der Waals surface area contributed by atoms with Gasteiger partial charge >= 0.3 is 0 Å². The van der Waals surface area contributed by atoms with Crippen LogP contribution in [0.25, 0.3) is 6.08 Å². The first-order valence-electron chi connectivity index (χ1n) is 7.67. The second kappa shape index (κ2) is 8.53. The summed E-state index contributed by atoms with van der Waals surface area (Å²) in [4.78, 5) is 23.8. The van der Waals surface area contributed by atoms with E-state index in [1.165, 1.54) is 6.92 Å². The van der Waals surface area contributed by atoms with Crippen LogP contribution in [0.3, 0.4) is 0 Å². The van der Waals surface area contributed by atoms with E-state index < -0.39 is 5.91 Å². The summed E-state index contributed by atoms with van der Waals surface area (Å²) in [5.74, 6) is 0.0367. The van der Waals surface area contributed by atoms with Crippen LogP contribution in [-0.2, 0) is 9.59 Å². The average Bonchev–Trinajstić information content (AvgIpc) is 2.57. The van der Waals surface area contributed by atoms with Crippen LogP contribution in [0.1, 0.15) is 19.4 Å². The van der Waals surface area contributed by atoms with Crippen molar-refractivity contribution < 1.29 is 14.3 Å². The Balaban J connectivity index is 2.15. The Bertz CT molecular complexity index is 722. The van der Waals surface area contributed by atoms with Gasteiger partial charge in [0.1, 0.15) is 11.4 Å². The van der Waals surface area contributed by atoms with E-state index in [9.17, 15) is 9.59 Å². The summed E-state index contributed by atoms with van der Waals surface area (Å²) in [5.41, 5.74) is 1.62. The third-order valence-electron chi connectivity index (χ3n) is 3.09. The van der Waals surface area contributed by atoms with Crippen molar-refractivity contribution in [2.24, 2.45) is 0 Å². The number of hydrogen-bond acceptors (Lipinski definition) is 3. The molecule has 2 amide bonds. The second-order valence-electron chi connectivity index (χ2n) is 5.06. The van der Waals surface area contributed by atoms with Crippen molar-refractivity contribution in [2.75, 3.05) is 11.9 Å². The zero-order valence-corrected chi connectivity index (χ0v) is 13.7. The van der Waals surface area contributed by atoms with Crippen LogP contribution < -0.4 is 15.4 Å². The first-order chi connectivity index (χ1) is 11.6. The molecule has 0 aliphatic carbocycles. The molecule has 2 aromatic rings. The molecule has 0 atom stereocenters. The standard InChI is InChI=1S/C19H20N2O3/c1-3-24-17-11-9-16(10-12-17)21-19(23)18(20-14(2)22)13-15-7-5-4-6-8-15/h4-13H,3H2,1-2H3,(H,20,22)(H,21,23). The Morgan fingerprint density at radius 3 is 2.29 bits per heavy atom. The summed E-state index contributed by atoms with van der Waals surface area (Å²) >= 11 is 0. The molecule has 0 fully saturated rings. The minimum atomic E-state index is -0.391. The van der Waals surface area contributed by atoms with Gasteiger partial charge in [0.05, 0.1) is 6.61 Å². The van der Waals surface area contributed by atoms with E-state index in [1.54, 1.807) is 30.3 Å². The molecule has 0 spiro atoms. The molecule has 0 bridgehead atoms. The van der Waals surface area contributed by atoms with Crippen LogP contribution in [0.4, 0.5) is 5.69 Å². The molecule has 5 heteroatoms. The monoisotopic (exact) mass is 324 g/mol. The average molecular weight is 324 g/mol. The third-order valence-corrected chi connectivity index (χ3v) is 3.09. The van der Waals surface area contributed by atoms with Crippen LogP contribution in [0.2, 0.25) is 0 Å². The van der Waals surface area contributed by atoms with Gasteiger partial charge in [0.2, 0.25) is 5.91 Å². The van der Waals surface area contributed by atoms with E-state index in [0.29, 0.717) is 12.3 Å². The molecular weight excluding hydrogens is 304 g/mol. The molecular formula is C19H20N2O3. The highest BCUT2D eigenvalue weighted by atomic mass is 16.5. The summed E-state index contributed by atoms with van der Waals surface area (Å²) < 4.78 is 5.36. The Morgan fingerprint density at radius 2 is 1.71 bits per heavy atom. The maximum Gasteiger partial charge on any atom is 0.272 e. The van der Waals surface area contributed by atoms with Gasteiger partial charge in [0, 0.05) is 12.6 Å². The zero-order chi connectivity index (χ0) is 17.4. The lowest BCUT2D eigenvalue weighted by Crippen LogP contribution is -2.28. The predicted molar refractivity (Wildman–Crippen MR) is 94.5 cm³/mol. The van der Waals surface area contributed by atoms with Gasteiger partial charge in [-0.3, -0.25) is 9.59 Å². The van der Waals surface area contributed by atoms with Crippen molar-refractivity contribution in [2.45, 2.75) is 13.8 Å². The molecule has 0 aliphatic heterocycles. The molecule has 0 aliphatic rings. The molecule has 24 heavy (non-hydrogen) atoms. The molecule has 0 heterocycles. The third kappa shape index (κ3) is 5.28. The molecule has 0 saturated carbocycles. The van der Waals surface area contributed by atoms with E-state index in [-0.39, 0.29) is 11.6 Å². The van der Waals surface area contributed by atoms with Crippen molar-refractivity contribution in [1.29, 1.82) is 0 Å². The lowest BCUT2D eigenvalue weighted by molar-refractivity contribution is -0.120. The molecule has 2 N–H and O–H groups in total. The van der Waals surface area contributed by atoms with Gasteiger partial charge in [-0.1, -0.05) is 30.3 Å². The zero-order valence-electron chi connectivity index (χ0n) is 13.7. The van der Waals surface area contributed by atoms with Crippen LogP contribution >= 0.6 is 0 Å². The first-order valence-corrected chi connectivity index (χ1v) is 7.67. The quantitative estimate of drug-likeness (QED) is 0.802. The number of carbonyl (C=O) groups is 2. The smallest absolute Gasteiger partial charge is 0.272 e. The summed E-state index contributed by atoms with van der Waals surface area (Å²) in [6, 6.07) is 16.4. The molecule has 0 aromatic heterocycles. The normalized spacial score (nSPS) is 10.8. The number of hydrogen-bond donors (Lipinski definition) is 2. The molecule has 0 saturated heterocycles. The summed E-state index contributed by atoms with van der Waals surface area (Å²) in [7, 11) is 0. The Morgan fingerprint density at radius 1 is 1.04 bits per heavy atom. The maximum absolute atomic E-state index is 12.4. The summed E-state index contributed by atoms with van der Waals surface area (Å²) in [5, 5.41) is 5.32. The highest BCUT2D eigenvalue weighted by Crippen LogP contribution is 2.16. The van der Waals surface area contributed by atoms with Crippen molar-refractivity contribution in [3.63, 3.8) is 0 Å². The van der Waals surface area contributed by atoms with Gasteiger partial charge in [-0.2, -0.15) is 0 Å². The van der Waals surface area contributed by atoms with Gasteiger partial charge < -0.3 is 15.4 Å². The highest BCUT2D eigenvalue weighted by Gasteiger charge is 2.11. The molecule has 0 unspecified atom stereocenters. The van der Waals surface area contributed by atoms with Crippen molar-refractivity contribution >= 4 is 23.6 Å². The number of anilines is 1. The minimum absolute atomic E-state index is 0.183. The number of carbonyl (C=O) groups excluding carboxylic acids is 2. The van der Waals surface area contributed by atoms with E-state index in [4.69, 9.17) is 4.74 Å². The van der Waals surface area contributed by atoms with Crippen LogP contribution in [0, 0.1) is 0 Å². The fourth-order valence-electron chi connectivity index (χ4n) is 2.06. The van der Waals surface area contributed by atoms with Crippen molar-refractivity contribution in [3.05, 3.63) is 65.9 Å². The molecule has 2 rings (SSSR count). The van der Waals surface area contributed by atoms with Crippen molar-refractivity contribution in [1.82, 2.24) is 5.32 Å². The molecule has 0 radical (unpaired) electrons. The topological polar surface area (TPSA) is 67.4 Å². The lowest BCUT2D eigenvalue weighted by atomic mass is 10.2.